The lowest BCUT2D eigenvalue weighted by molar-refractivity contribution is 0.0908. The Morgan fingerprint density at radius 3 is 3.06 bits per heavy atom. The van der Waals surface area contributed by atoms with E-state index in [1.807, 2.05) is 6.07 Å². The third-order valence-electron chi connectivity index (χ3n) is 3.02. The number of piperidine rings is 1. The molecule has 1 aliphatic heterocycles. The SMILES string of the molecule is CN1CCC(NC(=O)c2ccccn2)CC1Br. The molecule has 0 bridgehead atoms. The predicted octanol–water partition coefficient (Wildman–Crippen LogP) is 1.63. The maximum atomic E-state index is 11.9. The third kappa shape index (κ3) is 3.26. The van der Waals surface area contributed by atoms with Crippen molar-refractivity contribution in [1.29, 1.82) is 0 Å². The number of hydrogen-bond donors (Lipinski definition) is 1. The number of rotatable bonds is 2. The van der Waals surface area contributed by atoms with Gasteiger partial charge in [0.2, 0.25) is 0 Å². The van der Waals surface area contributed by atoms with Gasteiger partial charge in [-0.25, -0.2) is 0 Å². The molecule has 2 unspecified atom stereocenters. The maximum absolute atomic E-state index is 11.9. The van der Waals surface area contributed by atoms with E-state index in [2.05, 4.69) is 38.2 Å². The second kappa shape index (κ2) is 5.60. The molecule has 1 N–H and O–H groups in total. The van der Waals surface area contributed by atoms with E-state index in [9.17, 15) is 4.79 Å². The number of likely N-dealkylation sites (tertiary alicyclic amines) is 1. The van der Waals surface area contributed by atoms with Crippen molar-refractivity contribution in [2.75, 3.05) is 13.6 Å². The molecule has 2 atom stereocenters. The van der Waals surface area contributed by atoms with Crippen LogP contribution in [0.4, 0.5) is 0 Å². The molecule has 0 spiro atoms. The summed E-state index contributed by atoms with van der Waals surface area (Å²) in [6.07, 6.45) is 3.54. The second-order valence-electron chi connectivity index (χ2n) is 4.32. The van der Waals surface area contributed by atoms with E-state index >= 15 is 0 Å². The van der Waals surface area contributed by atoms with Gasteiger partial charge in [0.25, 0.3) is 5.91 Å². The lowest BCUT2D eigenvalue weighted by Crippen LogP contribution is -2.46. The summed E-state index contributed by atoms with van der Waals surface area (Å²) in [4.78, 5) is 18.5. The molecule has 1 aromatic rings. The molecule has 1 fully saturated rings. The van der Waals surface area contributed by atoms with Gasteiger partial charge in [-0.1, -0.05) is 22.0 Å². The van der Waals surface area contributed by atoms with Gasteiger partial charge in [0.15, 0.2) is 0 Å². The molecule has 1 aliphatic rings. The third-order valence-corrected chi connectivity index (χ3v) is 4.09. The quantitative estimate of drug-likeness (QED) is 0.667. The Labute approximate surface area is 110 Å². The molecular formula is C12H16BrN3O. The van der Waals surface area contributed by atoms with Crippen LogP contribution in [0.15, 0.2) is 24.4 Å². The van der Waals surface area contributed by atoms with Crippen LogP contribution >= 0.6 is 15.9 Å². The van der Waals surface area contributed by atoms with Crippen LogP contribution in [-0.2, 0) is 0 Å². The second-order valence-corrected chi connectivity index (χ2v) is 5.38. The van der Waals surface area contributed by atoms with Crippen LogP contribution in [0.1, 0.15) is 23.3 Å². The highest BCUT2D eigenvalue weighted by Crippen LogP contribution is 2.20. The predicted molar refractivity (Wildman–Crippen MR) is 70.1 cm³/mol. The van der Waals surface area contributed by atoms with Crippen molar-refractivity contribution in [2.45, 2.75) is 23.8 Å². The smallest absolute Gasteiger partial charge is 0.270 e. The Kier molecular flexibility index (Phi) is 4.12. The highest BCUT2D eigenvalue weighted by Gasteiger charge is 2.25. The van der Waals surface area contributed by atoms with Crippen molar-refractivity contribution < 1.29 is 4.79 Å². The topological polar surface area (TPSA) is 45.2 Å². The summed E-state index contributed by atoms with van der Waals surface area (Å²) in [5.41, 5.74) is 0.484. The van der Waals surface area contributed by atoms with Gasteiger partial charge >= 0.3 is 0 Å². The van der Waals surface area contributed by atoms with Crippen molar-refractivity contribution in [1.82, 2.24) is 15.2 Å². The van der Waals surface area contributed by atoms with E-state index in [0.29, 0.717) is 10.6 Å². The zero-order chi connectivity index (χ0) is 12.3. The zero-order valence-electron chi connectivity index (χ0n) is 9.77. The number of nitrogens with one attached hydrogen (secondary N) is 1. The average molecular weight is 298 g/mol. The first-order chi connectivity index (χ1) is 8.16. The fourth-order valence-corrected chi connectivity index (χ4v) is 2.58. The number of alkyl halides is 1. The van der Waals surface area contributed by atoms with Crippen LogP contribution in [0.2, 0.25) is 0 Å². The fourth-order valence-electron chi connectivity index (χ4n) is 1.92. The summed E-state index contributed by atoms with van der Waals surface area (Å²) < 4.78 is 0. The Morgan fingerprint density at radius 2 is 2.41 bits per heavy atom. The van der Waals surface area contributed by atoms with Crippen LogP contribution in [0.5, 0.6) is 0 Å². The van der Waals surface area contributed by atoms with E-state index in [0.717, 1.165) is 19.4 Å². The molecular weight excluding hydrogens is 282 g/mol. The largest absolute Gasteiger partial charge is 0.348 e. The Hall–Kier alpha value is -0.940. The summed E-state index contributed by atoms with van der Waals surface area (Å²) >= 11 is 3.60. The molecule has 0 saturated carbocycles. The van der Waals surface area contributed by atoms with E-state index in [4.69, 9.17) is 0 Å². The highest BCUT2D eigenvalue weighted by molar-refractivity contribution is 9.09. The van der Waals surface area contributed by atoms with Gasteiger partial charge in [-0.2, -0.15) is 0 Å². The molecule has 0 aromatic carbocycles. The summed E-state index contributed by atoms with van der Waals surface area (Å²) in [6.45, 7) is 0.989. The standard InChI is InChI=1S/C12H16BrN3O/c1-16-7-5-9(8-11(16)13)15-12(17)10-4-2-3-6-14-10/h2-4,6,9,11H,5,7-8H2,1H3,(H,15,17). The molecule has 92 valence electrons. The first-order valence-electron chi connectivity index (χ1n) is 5.73. The summed E-state index contributed by atoms with van der Waals surface area (Å²) in [5.74, 6) is -0.0835. The molecule has 4 nitrogen and oxygen atoms in total. The van der Waals surface area contributed by atoms with Gasteiger partial charge in [-0.15, -0.1) is 0 Å². The summed E-state index contributed by atoms with van der Waals surface area (Å²) in [5, 5.41) is 3.03. The summed E-state index contributed by atoms with van der Waals surface area (Å²) in [7, 11) is 2.08. The number of pyridine rings is 1. The van der Waals surface area contributed by atoms with Gasteiger partial charge in [0, 0.05) is 18.8 Å². The fraction of sp³-hybridized carbons (Fsp3) is 0.500. The average Bonchev–Trinajstić information content (AvgIpc) is 2.35. The van der Waals surface area contributed by atoms with Gasteiger partial charge < -0.3 is 5.32 Å². The minimum absolute atomic E-state index is 0.0835. The molecule has 0 radical (unpaired) electrons. The first-order valence-corrected chi connectivity index (χ1v) is 6.64. The summed E-state index contributed by atoms with van der Waals surface area (Å²) in [6, 6.07) is 5.59. The minimum atomic E-state index is -0.0835. The Bertz CT molecular complexity index is 385. The normalized spacial score (nSPS) is 25.5. The van der Waals surface area contributed by atoms with Gasteiger partial charge in [-0.05, 0) is 32.0 Å². The highest BCUT2D eigenvalue weighted by atomic mass is 79.9. The number of nitrogens with zero attached hydrogens (tertiary/aromatic N) is 2. The van der Waals surface area contributed by atoms with Gasteiger partial charge in [0.1, 0.15) is 5.69 Å². The Balaban J connectivity index is 1.92. The molecule has 1 aromatic heterocycles. The Morgan fingerprint density at radius 1 is 1.59 bits per heavy atom. The monoisotopic (exact) mass is 297 g/mol. The minimum Gasteiger partial charge on any atom is -0.348 e. The molecule has 1 saturated heterocycles. The van der Waals surface area contributed by atoms with Gasteiger partial charge in [-0.3, -0.25) is 14.7 Å². The number of aromatic nitrogens is 1. The van der Waals surface area contributed by atoms with E-state index in [-0.39, 0.29) is 11.9 Å². The van der Waals surface area contributed by atoms with E-state index in [1.54, 1.807) is 18.3 Å². The molecule has 5 heteroatoms. The molecule has 2 rings (SSSR count). The van der Waals surface area contributed by atoms with Crippen molar-refractivity contribution in [3.8, 4) is 0 Å². The van der Waals surface area contributed by atoms with Crippen LogP contribution in [0.25, 0.3) is 0 Å². The molecule has 2 heterocycles. The molecule has 0 aliphatic carbocycles. The number of hydrogen-bond acceptors (Lipinski definition) is 3. The van der Waals surface area contributed by atoms with Crippen molar-refractivity contribution in [3.05, 3.63) is 30.1 Å². The van der Waals surface area contributed by atoms with Crippen molar-refractivity contribution >= 4 is 21.8 Å². The lowest BCUT2D eigenvalue weighted by Gasteiger charge is -2.34. The van der Waals surface area contributed by atoms with Crippen LogP contribution in [0, 0.1) is 0 Å². The number of amides is 1. The van der Waals surface area contributed by atoms with Crippen molar-refractivity contribution in [3.63, 3.8) is 0 Å². The first kappa shape index (κ1) is 12.5. The number of carbonyl (C=O) groups is 1. The lowest BCUT2D eigenvalue weighted by atomic mass is 10.1. The van der Waals surface area contributed by atoms with Crippen LogP contribution < -0.4 is 5.32 Å². The molecule has 17 heavy (non-hydrogen) atoms. The zero-order valence-corrected chi connectivity index (χ0v) is 11.4. The van der Waals surface area contributed by atoms with Crippen LogP contribution in [0.3, 0.4) is 0 Å². The van der Waals surface area contributed by atoms with E-state index in [1.165, 1.54) is 0 Å². The number of carbonyl (C=O) groups excluding carboxylic acids is 1. The van der Waals surface area contributed by atoms with Crippen molar-refractivity contribution in [2.24, 2.45) is 0 Å². The van der Waals surface area contributed by atoms with E-state index < -0.39 is 0 Å². The van der Waals surface area contributed by atoms with Gasteiger partial charge in [0.05, 0.1) is 4.95 Å². The van der Waals surface area contributed by atoms with Crippen LogP contribution in [-0.4, -0.2) is 40.4 Å². The molecule has 1 amide bonds. The maximum Gasteiger partial charge on any atom is 0.270 e. The number of halogens is 1.